The molecule has 0 N–H and O–H groups in total. The molecule has 2 rings (SSSR count). The molecule has 0 bridgehead atoms. The van der Waals surface area contributed by atoms with E-state index in [-0.39, 0.29) is 5.91 Å². The Morgan fingerprint density at radius 1 is 1.38 bits per heavy atom. The number of amides is 1. The van der Waals surface area contributed by atoms with Gasteiger partial charge in [0.15, 0.2) is 0 Å². The highest BCUT2D eigenvalue weighted by Crippen LogP contribution is 2.31. The maximum atomic E-state index is 12.2. The fourth-order valence-electron chi connectivity index (χ4n) is 3.10. The molecular weight excluding hydrogens is 266 g/mol. The first-order valence-corrected chi connectivity index (χ1v) is 7.45. The Morgan fingerprint density at radius 2 is 2.05 bits per heavy atom. The monoisotopic (exact) mass is 289 g/mol. The number of rotatable bonds is 3. The van der Waals surface area contributed by atoms with Crippen LogP contribution in [0.5, 0.6) is 0 Å². The Morgan fingerprint density at radius 3 is 2.57 bits per heavy atom. The third-order valence-corrected chi connectivity index (χ3v) is 4.16. The van der Waals surface area contributed by atoms with E-state index in [9.17, 15) is 10.1 Å². The van der Waals surface area contributed by atoms with Gasteiger partial charge in [-0.2, -0.15) is 5.26 Å². The number of nitrogens with zero attached hydrogens (tertiary/aromatic N) is 3. The van der Waals surface area contributed by atoms with Crippen LogP contribution in [0.4, 0.5) is 0 Å². The molecular formula is C16H23N3O2. The highest BCUT2D eigenvalue weighted by Gasteiger charge is 2.31. The molecule has 0 radical (unpaired) electrons. The zero-order valence-corrected chi connectivity index (χ0v) is 13.1. The SMILES string of the molecule is COC1=C(C#N)C=C(C(=O)N(C)C)CN1C1CCCCC1. The number of likely N-dealkylation sites (N-methyl/N-ethyl adjacent to an activating group) is 1. The van der Waals surface area contributed by atoms with Crippen LogP contribution in [-0.2, 0) is 9.53 Å². The van der Waals surface area contributed by atoms with Crippen molar-refractivity contribution in [3.63, 3.8) is 0 Å². The van der Waals surface area contributed by atoms with E-state index in [0.717, 1.165) is 12.8 Å². The second kappa shape index (κ2) is 6.66. The fourth-order valence-corrected chi connectivity index (χ4v) is 3.10. The van der Waals surface area contributed by atoms with Crippen molar-refractivity contribution < 1.29 is 9.53 Å². The van der Waals surface area contributed by atoms with Gasteiger partial charge in [0.1, 0.15) is 11.6 Å². The van der Waals surface area contributed by atoms with Crippen LogP contribution < -0.4 is 0 Å². The van der Waals surface area contributed by atoms with Crippen molar-refractivity contribution in [1.29, 1.82) is 5.26 Å². The van der Waals surface area contributed by atoms with Crippen molar-refractivity contribution in [3.8, 4) is 6.07 Å². The van der Waals surface area contributed by atoms with E-state index >= 15 is 0 Å². The zero-order chi connectivity index (χ0) is 15.4. The van der Waals surface area contributed by atoms with Crippen LogP contribution in [-0.4, -0.2) is 49.5 Å². The van der Waals surface area contributed by atoms with Gasteiger partial charge in [0.05, 0.1) is 13.7 Å². The molecule has 0 saturated heterocycles. The Bertz CT molecular complexity index is 508. The Hall–Kier alpha value is -1.96. The largest absolute Gasteiger partial charge is 0.481 e. The molecule has 5 nitrogen and oxygen atoms in total. The maximum absolute atomic E-state index is 12.2. The summed E-state index contributed by atoms with van der Waals surface area (Å²) < 4.78 is 5.46. The van der Waals surface area contributed by atoms with Gasteiger partial charge in [-0.15, -0.1) is 0 Å². The Balaban J connectivity index is 2.33. The van der Waals surface area contributed by atoms with Gasteiger partial charge in [-0.25, -0.2) is 0 Å². The molecule has 0 unspecified atom stereocenters. The maximum Gasteiger partial charge on any atom is 0.251 e. The minimum Gasteiger partial charge on any atom is -0.481 e. The summed E-state index contributed by atoms with van der Waals surface area (Å²) in [6, 6.07) is 2.52. The van der Waals surface area contributed by atoms with Gasteiger partial charge >= 0.3 is 0 Å². The van der Waals surface area contributed by atoms with Crippen molar-refractivity contribution in [2.75, 3.05) is 27.7 Å². The quantitative estimate of drug-likeness (QED) is 0.797. The molecule has 1 fully saturated rings. The van der Waals surface area contributed by atoms with Gasteiger partial charge in [0, 0.05) is 25.7 Å². The van der Waals surface area contributed by atoms with Crippen LogP contribution >= 0.6 is 0 Å². The number of carbonyl (C=O) groups is 1. The van der Waals surface area contributed by atoms with Crippen LogP contribution in [0.1, 0.15) is 32.1 Å². The van der Waals surface area contributed by atoms with Crippen LogP contribution in [0.25, 0.3) is 0 Å². The minimum absolute atomic E-state index is 0.0429. The summed E-state index contributed by atoms with van der Waals surface area (Å²) in [6.45, 7) is 0.524. The number of carbonyl (C=O) groups excluding carboxylic acids is 1. The lowest BCUT2D eigenvalue weighted by Gasteiger charge is -2.39. The molecule has 1 aliphatic carbocycles. The Labute approximate surface area is 126 Å². The first-order chi connectivity index (χ1) is 10.1. The molecule has 0 aromatic heterocycles. The van der Waals surface area contributed by atoms with Gasteiger partial charge in [0.25, 0.3) is 5.91 Å². The summed E-state index contributed by atoms with van der Waals surface area (Å²) in [5.74, 6) is 0.568. The second-order valence-electron chi connectivity index (χ2n) is 5.82. The normalized spacial score (nSPS) is 19.9. The molecule has 1 aliphatic heterocycles. The lowest BCUT2D eigenvalue weighted by atomic mass is 9.92. The van der Waals surface area contributed by atoms with E-state index in [1.54, 1.807) is 32.2 Å². The van der Waals surface area contributed by atoms with E-state index < -0.39 is 0 Å². The summed E-state index contributed by atoms with van der Waals surface area (Å²) in [5.41, 5.74) is 1.10. The number of ether oxygens (including phenoxy) is 1. The lowest BCUT2D eigenvalue weighted by Crippen LogP contribution is -2.42. The predicted octanol–water partition coefficient (Wildman–Crippen LogP) is 2.03. The van der Waals surface area contributed by atoms with Gasteiger partial charge in [-0.05, 0) is 18.9 Å². The van der Waals surface area contributed by atoms with Crippen molar-refractivity contribution >= 4 is 5.91 Å². The van der Waals surface area contributed by atoms with Crippen LogP contribution in [0.15, 0.2) is 23.1 Å². The third kappa shape index (κ3) is 3.21. The molecule has 21 heavy (non-hydrogen) atoms. The molecule has 114 valence electrons. The van der Waals surface area contributed by atoms with E-state index in [4.69, 9.17) is 4.74 Å². The third-order valence-electron chi connectivity index (χ3n) is 4.16. The van der Waals surface area contributed by atoms with E-state index in [0.29, 0.717) is 29.6 Å². The molecule has 1 amide bonds. The van der Waals surface area contributed by atoms with E-state index in [1.165, 1.54) is 19.3 Å². The smallest absolute Gasteiger partial charge is 0.251 e. The standard InChI is InChI=1S/C16H23N3O2/c1-18(2)15(20)13-9-12(10-17)16(21-3)19(11-13)14-7-5-4-6-8-14/h9,14H,4-8,11H2,1-3H3. The summed E-state index contributed by atoms with van der Waals surface area (Å²) >= 11 is 0. The zero-order valence-electron chi connectivity index (χ0n) is 13.1. The molecule has 2 aliphatic rings. The summed E-state index contributed by atoms with van der Waals surface area (Å²) in [6.07, 6.45) is 7.51. The average Bonchev–Trinajstić information content (AvgIpc) is 2.53. The van der Waals surface area contributed by atoms with Crippen molar-refractivity contribution in [2.45, 2.75) is 38.1 Å². The van der Waals surface area contributed by atoms with Crippen LogP contribution in [0.2, 0.25) is 0 Å². The van der Waals surface area contributed by atoms with Gasteiger partial charge < -0.3 is 14.5 Å². The van der Waals surface area contributed by atoms with E-state index in [1.807, 2.05) is 0 Å². The van der Waals surface area contributed by atoms with Crippen LogP contribution in [0.3, 0.4) is 0 Å². The number of nitriles is 1. The number of allylic oxidation sites excluding steroid dienone is 2. The topological polar surface area (TPSA) is 56.6 Å². The van der Waals surface area contributed by atoms with Gasteiger partial charge in [-0.3, -0.25) is 4.79 Å². The van der Waals surface area contributed by atoms with E-state index in [2.05, 4.69) is 11.0 Å². The molecule has 1 saturated carbocycles. The lowest BCUT2D eigenvalue weighted by molar-refractivity contribution is -0.125. The van der Waals surface area contributed by atoms with Crippen molar-refractivity contribution in [3.05, 3.63) is 23.1 Å². The van der Waals surface area contributed by atoms with Crippen molar-refractivity contribution in [1.82, 2.24) is 9.80 Å². The minimum atomic E-state index is -0.0429. The van der Waals surface area contributed by atoms with Gasteiger partial charge in [-0.1, -0.05) is 19.3 Å². The molecule has 0 aromatic carbocycles. The molecule has 5 heteroatoms. The Kier molecular flexibility index (Phi) is 4.89. The van der Waals surface area contributed by atoms with Gasteiger partial charge in [0.2, 0.25) is 5.88 Å². The predicted molar refractivity (Wildman–Crippen MR) is 80.0 cm³/mol. The second-order valence-corrected chi connectivity index (χ2v) is 5.82. The first kappa shape index (κ1) is 15.4. The summed E-state index contributed by atoms with van der Waals surface area (Å²) in [7, 11) is 5.06. The first-order valence-electron chi connectivity index (χ1n) is 7.45. The van der Waals surface area contributed by atoms with Crippen molar-refractivity contribution in [2.24, 2.45) is 0 Å². The highest BCUT2D eigenvalue weighted by molar-refractivity contribution is 5.94. The highest BCUT2D eigenvalue weighted by atomic mass is 16.5. The molecule has 1 heterocycles. The molecule has 0 aromatic rings. The molecule has 0 spiro atoms. The number of hydrogen-bond donors (Lipinski definition) is 0. The number of methoxy groups -OCH3 is 1. The number of hydrogen-bond acceptors (Lipinski definition) is 4. The fraction of sp³-hybridized carbons (Fsp3) is 0.625. The average molecular weight is 289 g/mol. The molecule has 0 atom stereocenters. The van der Waals surface area contributed by atoms with Crippen LogP contribution in [0, 0.1) is 11.3 Å². The summed E-state index contributed by atoms with van der Waals surface area (Å²) in [4.78, 5) is 15.9. The summed E-state index contributed by atoms with van der Waals surface area (Å²) in [5, 5.41) is 9.36.